The third-order valence-corrected chi connectivity index (χ3v) is 4.26. The predicted molar refractivity (Wildman–Crippen MR) is 111 cm³/mol. The van der Waals surface area contributed by atoms with Gasteiger partial charge in [0, 0.05) is 5.56 Å². The van der Waals surface area contributed by atoms with E-state index in [0.717, 1.165) is 11.3 Å². The quantitative estimate of drug-likeness (QED) is 0.666. The van der Waals surface area contributed by atoms with Crippen molar-refractivity contribution in [2.24, 2.45) is 0 Å². The summed E-state index contributed by atoms with van der Waals surface area (Å²) in [5.74, 6) is -0.356. The van der Waals surface area contributed by atoms with Gasteiger partial charge in [0.1, 0.15) is 11.4 Å². The van der Waals surface area contributed by atoms with Gasteiger partial charge in [0.25, 0.3) is 5.91 Å². The molecule has 1 amide bonds. The second-order valence-corrected chi connectivity index (χ2v) is 7.80. The van der Waals surface area contributed by atoms with Gasteiger partial charge in [-0.2, -0.15) is 0 Å². The number of carbonyl (C=O) groups is 2. The fourth-order valence-corrected chi connectivity index (χ4v) is 2.76. The van der Waals surface area contributed by atoms with Crippen molar-refractivity contribution in [3.8, 4) is 5.75 Å². The highest BCUT2D eigenvalue weighted by atomic mass is 16.6. The normalized spacial score (nSPS) is 13.3. The Balaban J connectivity index is 2.09. The maximum Gasteiger partial charge on any atom is 0.331 e. The first kappa shape index (κ1) is 22.4. The molecule has 0 radical (unpaired) electrons. The van der Waals surface area contributed by atoms with Gasteiger partial charge in [-0.3, -0.25) is 4.79 Å². The third-order valence-electron chi connectivity index (χ3n) is 4.26. The minimum absolute atomic E-state index is 0.283. The summed E-state index contributed by atoms with van der Waals surface area (Å²) in [5, 5.41) is 13.3. The number of rotatable bonds is 8. The zero-order valence-corrected chi connectivity index (χ0v) is 17.3. The van der Waals surface area contributed by atoms with Gasteiger partial charge >= 0.3 is 5.97 Å². The highest BCUT2D eigenvalue weighted by Crippen LogP contribution is 2.16. The van der Waals surface area contributed by atoms with Crippen molar-refractivity contribution in [1.82, 2.24) is 5.32 Å². The van der Waals surface area contributed by atoms with Gasteiger partial charge < -0.3 is 19.9 Å². The van der Waals surface area contributed by atoms with Gasteiger partial charge in [-0.1, -0.05) is 30.3 Å². The minimum Gasteiger partial charge on any atom is -0.497 e. The molecule has 1 unspecified atom stereocenters. The number of amides is 1. The summed E-state index contributed by atoms with van der Waals surface area (Å²) in [7, 11) is 1.60. The van der Waals surface area contributed by atoms with E-state index in [1.807, 2.05) is 24.3 Å². The van der Waals surface area contributed by atoms with Gasteiger partial charge in [0.2, 0.25) is 0 Å². The number of nitrogens with one attached hydrogen (secondary N) is 1. The van der Waals surface area contributed by atoms with Crippen molar-refractivity contribution in [3.63, 3.8) is 0 Å². The molecule has 2 rings (SSSR count). The Morgan fingerprint density at radius 3 is 2.21 bits per heavy atom. The molecule has 0 fully saturated rings. The molecule has 0 aliphatic heterocycles. The number of aryl methyl sites for hydroxylation is 1. The van der Waals surface area contributed by atoms with E-state index in [4.69, 9.17) is 9.47 Å². The van der Waals surface area contributed by atoms with E-state index in [-0.39, 0.29) is 6.42 Å². The van der Waals surface area contributed by atoms with Crippen LogP contribution in [-0.4, -0.2) is 41.8 Å². The Morgan fingerprint density at radius 2 is 1.66 bits per heavy atom. The van der Waals surface area contributed by atoms with E-state index in [1.165, 1.54) is 0 Å². The molecular weight excluding hydrogens is 370 g/mol. The highest BCUT2D eigenvalue weighted by Gasteiger charge is 2.32. The Kier molecular flexibility index (Phi) is 7.79. The molecule has 0 heterocycles. The van der Waals surface area contributed by atoms with Crippen molar-refractivity contribution in [2.75, 3.05) is 7.11 Å². The van der Waals surface area contributed by atoms with Crippen molar-refractivity contribution in [1.29, 1.82) is 0 Å². The zero-order valence-electron chi connectivity index (χ0n) is 17.3. The van der Waals surface area contributed by atoms with Gasteiger partial charge in [0.05, 0.1) is 13.2 Å². The lowest BCUT2D eigenvalue weighted by Crippen LogP contribution is -2.51. The van der Waals surface area contributed by atoms with E-state index in [2.05, 4.69) is 5.32 Å². The van der Waals surface area contributed by atoms with E-state index >= 15 is 0 Å². The molecule has 0 aliphatic carbocycles. The summed E-state index contributed by atoms with van der Waals surface area (Å²) < 4.78 is 10.5. The van der Waals surface area contributed by atoms with Crippen molar-refractivity contribution < 1.29 is 24.2 Å². The summed E-state index contributed by atoms with van der Waals surface area (Å²) in [4.78, 5) is 25.2. The molecule has 0 spiro atoms. The molecule has 29 heavy (non-hydrogen) atoms. The zero-order chi connectivity index (χ0) is 21.4. The average molecular weight is 399 g/mol. The maximum atomic E-state index is 12.6. The summed E-state index contributed by atoms with van der Waals surface area (Å²) in [6.45, 7) is 5.22. The second-order valence-electron chi connectivity index (χ2n) is 7.80. The number of ether oxygens (including phenoxy) is 2. The first-order valence-electron chi connectivity index (χ1n) is 9.59. The minimum atomic E-state index is -1.17. The van der Waals surface area contributed by atoms with E-state index in [9.17, 15) is 14.7 Å². The molecule has 0 aliphatic rings. The SMILES string of the molecule is COc1ccc(CCC(O)[C@H](NC(=O)c2ccccc2)C(=O)OC(C)(C)C)cc1. The van der Waals surface area contributed by atoms with Crippen LogP contribution >= 0.6 is 0 Å². The van der Waals surface area contributed by atoms with Crippen LogP contribution in [0.25, 0.3) is 0 Å². The lowest BCUT2D eigenvalue weighted by Gasteiger charge is -2.27. The average Bonchev–Trinajstić information content (AvgIpc) is 2.69. The fourth-order valence-electron chi connectivity index (χ4n) is 2.76. The molecular formula is C23H29NO5. The third kappa shape index (κ3) is 7.23. The molecule has 6 heteroatoms. The molecule has 2 aromatic rings. The predicted octanol–water partition coefficient (Wildman–Crippen LogP) is 3.13. The van der Waals surface area contributed by atoms with Crippen LogP contribution in [-0.2, 0) is 16.0 Å². The first-order valence-corrected chi connectivity index (χ1v) is 9.59. The standard InChI is InChI=1S/C23H29NO5/c1-23(2,3)29-22(27)20(24-21(26)17-8-6-5-7-9-17)19(25)15-12-16-10-13-18(28-4)14-11-16/h5-11,13-14,19-20,25H,12,15H2,1-4H3,(H,24,26)/t19?,20-/m0/s1. The number of aliphatic hydroxyl groups excluding tert-OH is 1. The molecule has 156 valence electrons. The summed E-state index contributed by atoms with van der Waals surface area (Å²) in [6, 6.07) is 14.9. The van der Waals surface area contributed by atoms with E-state index in [1.54, 1.807) is 58.2 Å². The van der Waals surface area contributed by atoms with E-state index in [0.29, 0.717) is 12.0 Å². The van der Waals surface area contributed by atoms with Crippen LogP contribution in [0.3, 0.4) is 0 Å². The number of carbonyl (C=O) groups excluding carboxylic acids is 2. The smallest absolute Gasteiger partial charge is 0.331 e. The van der Waals surface area contributed by atoms with Gasteiger partial charge in [-0.25, -0.2) is 4.79 Å². The van der Waals surface area contributed by atoms with Crippen molar-refractivity contribution in [2.45, 2.75) is 51.4 Å². The largest absolute Gasteiger partial charge is 0.497 e. The first-order chi connectivity index (χ1) is 13.7. The Hall–Kier alpha value is -2.86. The molecule has 0 aromatic heterocycles. The molecule has 0 saturated heterocycles. The van der Waals surface area contributed by atoms with Gasteiger partial charge in [-0.15, -0.1) is 0 Å². The Labute approximate surface area is 171 Å². The Morgan fingerprint density at radius 1 is 1.03 bits per heavy atom. The fraction of sp³-hybridized carbons (Fsp3) is 0.391. The summed E-state index contributed by atoms with van der Waals surface area (Å²) >= 11 is 0. The van der Waals surface area contributed by atoms with Crippen LogP contribution in [0, 0.1) is 0 Å². The summed E-state index contributed by atoms with van der Waals surface area (Å²) in [6.07, 6.45) is -0.281. The highest BCUT2D eigenvalue weighted by molar-refractivity contribution is 5.96. The van der Waals surface area contributed by atoms with Gasteiger partial charge in [-0.05, 0) is 63.4 Å². The van der Waals surface area contributed by atoms with Crippen molar-refractivity contribution >= 4 is 11.9 Å². The lowest BCUT2D eigenvalue weighted by molar-refractivity contribution is -0.160. The number of methoxy groups -OCH3 is 1. The van der Waals surface area contributed by atoms with Crippen LogP contribution in [0.4, 0.5) is 0 Å². The van der Waals surface area contributed by atoms with Crippen LogP contribution < -0.4 is 10.1 Å². The monoisotopic (exact) mass is 399 g/mol. The molecule has 6 nitrogen and oxygen atoms in total. The maximum absolute atomic E-state index is 12.6. The molecule has 2 aromatic carbocycles. The topological polar surface area (TPSA) is 84.9 Å². The second kappa shape index (κ2) is 10.1. The molecule has 0 bridgehead atoms. The molecule has 2 N–H and O–H groups in total. The van der Waals surface area contributed by atoms with Crippen LogP contribution in [0.5, 0.6) is 5.75 Å². The number of aliphatic hydroxyl groups is 1. The van der Waals surface area contributed by atoms with E-state index < -0.39 is 29.6 Å². The lowest BCUT2D eigenvalue weighted by atomic mass is 10.0. The summed E-state index contributed by atoms with van der Waals surface area (Å²) in [5.41, 5.74) is 0.660. The van der Waals surface area contributed by atoms with Crippen molar-refractivity contribution in [3.05, 3.63) is 65.7 Å². The Bertz CT molecular complexity index is 796. The number of hydrogen-bond donors (Lipinski definition) is 2. The van der Waals surface area contributed by atoms with Crippen LogP contribution in [0.1, 0.15) is 43.1 Å². The number of esters is 1. The van der Waals surface area contributed by atoms with Gasteiger partial charge in [0.15, 0.2) is 6.04 Å². The molecule has 2 atom stereocenters. The molecule has 0 saturated carbocycles. The van der Waals surface area contributed by atoms with Crippen LogP contribution in [0.2, 0.25) is 0 Å². The number of benzene rings is 2. The number of hydrogen-bond acceptors (Lipinski definition) is 5. The van der Waals surface area contributed by atoms with Crippen LogP contribution in [0.15, 0.2) is 54.6 Å².